The molecular weight excluding hydrogens is 653 g/mol. The summed E-state index contributed by atoms with van der Waals surface area (Å²) in [4.78, 5) is 0. The molecule has 9 heteroatoms. The van der Waals surface area contributed by atoms with Crippen LogP contribution in [-0.2, 0) is 37.5 Å². The van der Waals surface area contributed by atoms with E-state index < -0.39 is 6.85 Å². The van der Waals surface area contributed by atoms with Crippen molar-refractivity contribution in [1.29, 1.82) is 0 Å². The van der Waals surface area contributed by atoms with Gasteiger partial charge in [0.15, 0.2) is 0 Å². The largest absolute Gasteiger partial charge is 0 e. The Hall–Kier alpha value is -1.06. The van der Waals surface area contributed by atoms with E-state index >= 15 is 0 Å². The average Bonchev–Trinajstić information content (AvgIpc) is 2.64. The van der Waals surface area contributed by atoms with Crippen molar-refractivity contribution < 1.29 is 41.6 Å². The Bertz CT molecular complexity index is 1060. The van der Waals surface area contributed by atoms with Crippen LogP contribution < -0.4 is 17.2 Å². The molecule has 0 atom stereocenters. The Morgan fingerprint density at radius 1 is 0.743 bits per heavy atom. The fraction of sp³-hybridized carbons (Fsp3) is 0.308. The van der Waals surface area contributed by atoms with Crippen molar-refractivity contribution >= 4 is 53.4 Å². The van der Waals surface area contributed by atoms with Gasteiger partial charge in [-0.3, -0.25) is 0 Å². The molecule has 6 N–H and O–H groups in total. The minimum Gasteiger partial charge on any atom is 0 e. The standard InChI is InChI=1S/C9H13N.C8H10BrN.C8H11N.CH4.BHNS.Fe.Pd/c1-6-4-9(10)5-7(2)8(6)3;1-5-3-7(10)4-6(2)8(5)9;1-6-3-7(2)5-8(9)4-6;;1-2-3;;/h4-5H,10H2,1-3H3;3-4H,10H2,1-2H3;3-5H,9H2,1-2H3;1H4;3H;;/i3D3;;;;;;. The maximum absolute atomic E-state index is 7.32. The van der Waals surface area contributed by atoms with Gasteiger partial charge in [-0.15, -0.1) is 0 Å². The number of anilines is 3. The van der Waals surface area contributed by atoms with Gasteiger partial charge in [0, 0.05) is 63.1 Å². The van der Waals surface area contributed by atoms with Gasteiger partial charge in [-0.1, -0.05) is 29.4 Å². The summed E-state index contributed by atoms with van der Waals surface area (Å²) in [5.41, 5.74) is 25.8. The molecule has 0 amide bonds. The Morgan fingerprint density at radius 2 is 1.03 bits per heavy atom. The molecule has 0 bridgehead atoms. The van der Waals surface area contributed by atoms with E-state index in [4.69, 9.17) is 21.3 Å². The molecule has 0 saturated heterocycles. The Balaban J connectivity index is -0.000000212. The molecule has 4 nitrogen and oxygen atoms in total. The number of hydrogen-bond acceptors (Lipinski definition) is 5. The van der Waals surface area contributed by atoms with Gasteiger partial charge in [-0.25, -0.2) is 0 Å². The summed E-state index contributed by atoms with van der Waals surface area (Å²) in [6, 6.07) is 13.3. The van der Waals surface area contributed by atoms with Crippen LogP contribution in [0, 0.1) is 48.4 Å². The first-order valence-corrected chi connectivity index (χ1v) is 11.0. The van der Waals surface area contributed by atoms with Crippen LogP contribution in [0.2, 0.25) is 0 Å². The van der Waals surface area contributed by atoms with Gasteiger partial charge < -0.3 is 17.2 Å². The second kappa shape index (κ2) is 21.1. The second-order valence-electron chi connectivity index (χ2n) is 7.53. The normalized spacial score (nSPS) is 10.1. The minimum atomic E-state index is -2.04. The van der Waals surface area contributed by atoms with Crippen molar-refractivity contribution in [3.05, 3.63) is 85.9 Å². The van der Waals surface area contributed by atoms with Crippen LogP contribution in [0.1, 0.15) is 50.5 Å². The monoisotopic (exact) mass is 694 g/mol. The molecule has 0 unspecified atom stereocenters. The summed E-state index contributed by atoms with van der Waals surface area (Å²) in [6.07, 6.45) is 0. The Labute approximate surface area is 256 Å². The molecule has 3 aromatic rings. The molecule has 0 fully saturated rings. The van der Waals surface area contributed by atoms with E-state index in [-0.39, 0.29) is 44.9 Å². The first kappa shape index (κ1) is 33.9. The number of aryl methyl sites for hydroxylation is 6. The summed E-state index contributed by atoms with van der Waals surface area (Å²) < 4.78 is 25.8. The quantitative estimate of drug-likeness (QED) is 0.111. The zero-order valence-corrected chi connectivity index (χ0v) is 25.4. The third-order valence-corrected chi connectivity index (χ3v) is 5.51. The van der Waals surface area contributed by atoms with Crippen LogP contribution in [0.5, 0.6) is 0 Å². The molecule has 0 heterocycles. The number of thiol groups is 1. The van der Waals surface area contributed by atoms with Crippen molar-refractivity contribution in [2.24, 2.45) is 4.30 Å². The van der Waals surface area contributed by atoms with E-state index in [1.165, 1.54) is 22.3 Å². The van der Waals surface area contributed by atoms with Crippen LogP contribution in [0.15, 0.2) is 51.2 Å². The van der Waals surface area contributed by atoms with Gasteiger partial charge in [0.2, 0.25) is 0 Å². The zero-order valence-electron chi connectivity index (χ0n) is 23.3. The first-order valence-electron chi connectivity index (χ1n) is 11.3. The van der Waals surface area contributed by atoms with E-state index in [2.05, 4.69) is 46.8 Å². The smallest absolute Gasteiger partial charge is 0 e. The maximum Gasteiger partial charge on any atom is 0 e. The van der Waals surface area contributed by atoms with Gasteiger partial charge in [0.25, 0.3) is 0 Å². The van der Waals surface area contributed by atoms with Crippen molar-refractivity contribution in [3.63, 3.8) is 0 Å². The van der Waals surface area contributed by atoms with Crippen molar-refractivity contribution in [2.75, 3.05) is 17.2 Å². The third kappa shape index (κ3) is 17.1. The van der Waals surface area contributed by atoms with E-state index in [0.29, 0.717) is 11.3 Å². The molecule has 0 spiro atoms. The SMILES string of the molecule is C.Cc1cc(C)cc(N)c1.Cc1cc(N)cc(C)c1Br.[2H]C([2H])([2H])c1c(C)cc(N)cc1C.[B]=NS.[Fe].[Pd]. The van der Waals surface area contributed by atoms with E-state index in [1.54, 1.807) is 26.0 Å². The predicted octanol–water partition coefficient (Wildman–Crippen LogP) is 7.54. The number of hydrogen-bond donors (Lipinski definition) is 4. The molecule has 197 valence electrons. The summed E-state index contributed by atoms with van der Waals surface area (Å²) >= 11 is 6.65. The molecule has 35 heavy (non-hydrogen) atoms. The van der Waals surface area contributed by atoms with Gasteiger partial charge >= 0.3 is 24.8 Å². The number of nitrogens with zero attached hydrogens (tertiary/aromatic N) is 1. The van der Waals surface area contributed by atoms with E-state index in [9.17, 15) is 0 Å². The molecule has 0 aliphatic heterocycles. The van der Waals surface area contributed by atoms with E-state index in [0.717, 1.165) is 27.0 Å². The molecule has 1 radical (unpaired) electrons. The van der Waals surface area contributed by atoms with Crippen LogP contribution >= 0.6 is 28.7 Å². The Kier molecular flexibility index (Phi) is 20.4. The molecule has 0 aromatic heterocycles. The van der Waals surface area contributed by atoms with Gasteiger partial charge in [-0.05, 0) is 124 Å². The predicted molar refractivity (Wildman–Crippen MR) is 157 cm³/mol. The number of nitrogens with two attached hydrogens (primary N) is 3. The van der Waals surface area contributed by atoms with Crippen molar-refractivity contribution in [1.82, 2.24) is 0 Å². The molecule has 0 aliphatic carbocycles. The van der Waals surface area contributed by atoms with Gasteiger partial charge in [0.1, 0.15) is 0 Å². The molecular formula is C26H39BBrFeN4PdS. The summed E-state index contributed by atoms with van der Waals surface area (Å²) in [7, 11) is 4.34. The topological polar surface area (TPSA) is 90.4 Å². The van der Waals surface area contributed by atoms with Crippen molar-refractivity contribution in [2.45, 2.75) is 55.8 Å². The zero-order chi connectivity index (χ0) is 27.5. The first-order chi connectivity index (χ1) is 16.0. The van der Waals surface area contributed by atoms with Crippen LogP contribution in [0.3, 0.4) is 0 Å². The van der Waals surface area contributed by atoms with Gasteiger partial charge in [0.05, 0.1) is 0 Å². The maximum atomic E-state index is 7.32. The van der Waals surface area contributed by atoms with Crippen LogP contribution in [0.25, 0.3) is 0 Å². The number of halogens is 1. The molecule has 0 saturated carbocycles. The van der Waals surface area contributed by atoms with Crippen molar-refractivity contribution in [3.8, 4) is 0 Å². The molecule has 3 rings (SSSR count). The van der Waals surface area contributed by atoms with Gasteiger partial charge in [-0.2, -0.15) is 0 Å². The number of nitrogen functional groups attached to an aromatic ring is 3. The summed E-state index contributed by atoms with van der Waals surface area (Å²) in [5, 5.41) is 0. The molecule has 3 aromatic carbocycles. The third-order valence-electron chi connectivity index (χ3n) is 4.26. The fourth-order valence-electron chi connectivity index (χ4n) is 2.99. The number of benzene rings is 3. The number of rotatable bonds is 0. The Morgan fingerprint density at radius 3 is 1.31 bits per heavy atom. The fourth-order valence-corrected chi connectivity index (χ4v) is 3.22. The summed E-state index contributed by atoms with van der Waals surface area (Å²) in [5.74, 6) is 0. The average molecular weight is 696 g/mol. The second-order valence-corrected chi connectivity index (χ2v) is 8.56. The molecule has 0 aliphatic rings. The minimum absolute atomic E-state index is 0. The summed E-state index contributed by atoms with van der Waals surface area (Å²) in [6.45, 7) is 9.66. The van der Waals surface area contributed by atoms with E-state index in [1.807, 2.05) is 52.0 Å². The van der Waals surface area contributed by atoms with Crippen LogP contribution in [-0.4, -0.2) is 7.64 Å². The van der Waals surface area contributed by atoms with Crippen LogP contribution in [0.4, 0.5) is 17.1 Å².